The van der Waals surface area contributed by atoms with E-state index in [0.717, 1.165) is 5.00 Å². The van der Waals surface area contributed by atoms with Crippen molar-refractivity contribution < 1.29 is 14.3 Å². The van der Waals surface area contributed by atoms with Gasteiger partial charge in [-0.1, -0.05) is 0 Å². The lowest BCUT2D eigenvalue weighted by Crippen LogP contribution is -2.44. The number of thiophene rings is 1. The van der Waals surface area contributed by atoms with Crippen LogP contribution in [-0.4, -0.2) is 50.8 Å². The van der Waals surface area contributed by atoms with Gasteiger partial charge in [0.1, 0.15) is 15.6 Å². The van der Waals surface area contributed by atoms with E-state index in [-0.39, 0.29) is 5.54 Å². The first kappa shape index (κ1) is 17.6. The molecule has 0 bridgehead atoms. The maximum Gasteiger partial charge on any atom is 0.350 e. The van der Waals surface area contributed by atoms with E-state index in [2.05, 4.69) is 24.1 Å². The lowest BCUT2D eigenvalue weighted by molar-refractivity contribution is 0.0533. The van der Waals surface area contributed by atoms with E-state index in [1.54, 1.807) is 6.92 Å². The van der Waals surface area contributed by atoms with Gasteiger partial charge in [-0.05, 0) is 34.9 Å². The monoisotopic (exact) mass is 315 g/mol. The number of hydrogen-bond donors (Lipinski definition) is 2. The van der Waals surface area contributed by atoms with E-state index in [4.69, 9.17) is 15.2 Å². The molecule has 1 aromatic heterocycles. The number of nitrogens with zero attached hydrogens (tertiary/aromatic N) is 1. The van der Waals surface area contributed by atoms with E-state index in [1.165, 1.54) is 18.4 Å². The Morgan fingerprint density at radius 2 is 2.05 bits per heavy atom. The van der Waals surface area contributed by atoms with Gasteiger partial charge < -0.3 is 25.4 Å². The zero-order valence-corrected chi connectivity index (χ0v) is 14.4. The maximum absolute atomic E-state index is 11.9. The zero-order chi connectivity index (χ0) is 16.2. The quantitative estimate of drug-likeness (QED) is 0.752. The van der Waals surface area contributed by atoms with E-state index < -0.39 is 5.97 Å². The molecule has 120 valence electrons. The van der Waals surface area contributed by atoms with Crippen molar-refractivity contribution in [1.29, 1.82) is 0 Å². The van der Waals surface area contributed by atoms with Crippen molar-refractivity contribution in [3.8, 4) is 5.75 Å². The van der Waals surface area contributed by atoms with Crippen LogP contribution in [0.1, 0.15) is 30.4 Å². The summed E-state index contributed by atoms with van der Waals surface area (Å²) < 4.78 is 10.3. The predicted molar refractivity (Wildman–Crippen MR) is 87.5 cm³/mol. The van der Waals surface area contributed by atoms with E-state index in [0.29, 0.717) is 29.5 Å². The Morgan fingerprint density at radius 1 is 1.43 bits per heavy atom. The van der Waals surface area contributed by atoms with Crippen molar-refractivity contribution in [1.82, 2.24) is 4.90 Å². The Labute approximate surface area is 130 Å². The molecule has 0 amide bonds. The van der Waals surface area contributed by atoms with Gasteiger partial charge in [0.25, 0.3) is 0 Å². The van der Waals surface area contributed by atoms with Gasteiger partial charge in [0, 0.05) is 12.1 Å². The van der Waals surface area contributed by atoms with E-state index in [1.807, 2.05) is 14.1 Å². The highest BCUT2D eigenvalue weighted by Crippen LogP contribution is 2.42. The maximum atomic E-state index is 11.9. The van der Waals surface area contributed by atoms with Gasteiger partial charge in [0.05, 0.1) is 13.7 Å². The van der Waals surface area contributed by atoms with Crippen LogP contribution in [0.4, 0.5) is 10.7 Å². The van der Waals surface area contributed by atoms with Gasteiger partial charge in [-0.25, -0.2) is 4.79 Å². The minimum Gasteiger partial charge on any atom is -0.492 e. The first-order valence-electron chi connectivity index (χ1n) is 6.79. The minimum atomic E-state index is -0.418. The topological polar surface area (TPSA) is 76.8 Å². The molecule has 0 atom stereocenters. The van der Waals surface area contributed by atoms with Gasteiger partial charge in [0.15, 0.2) is 5.75 Å². The molecule has 0 radical (unpaired) electrons. The van der Waals surface area contributed by atoms with Crippen molar-refractivity contribution in [2.24, 2.45) is 0 Å². The molecule has 0 aromatic carbocycles. The third-order valence-electron chi connectivity index (χ3n) is 3.46. The van der Waals surface area contributed by atoms with Crippen LogP contribution >= 0.6 is 11.3 Å². The van der Waals surface area contributed by atoms with Crippen LogP contribution in [0.3, 0.4) is 0 Å². The normalized spacial score (nSPS) is 11.6. The SMILES string of the molecule is CCOC(=O)c1sc(NCC(C)(C)N(C)C)c(OC)c1N. The molecule has 0 aliphatic carbocycles. The van der Waals surface area contributed by atoms with Crippen molar-refractivity contribution in [2.45, 2.75) is 26.3 Å². The van der Waals surface area contributed by atoms with Gasteiger partial charge in [-0.15, -0.1) is 11.3 Å². The van der Waals surface area contributed by atoms with Gasteiger partial charge in [-0.2, -0.15) is 0 Å². The molecular weight excluding hydrogens is 290 g/mol. The molecule has 0 spiro atoms. The Morgan fingerprint density at radius 3 is 2.52 bits per heavy atom. The summed E-state index contributed by atoms with van der Waals surface area (Å²) >= 11 is 1.26. The number of rotatable bonds is 7. The summed E-state index contributed by atoms with van der Waals surface area (Å²) in [5.74, 6) is 0.0795. The van der Waals surface area contributed by atoms with Crippen LogP contribution in [0, 0.1) is 0 Å². The second-order valence-corrected chi connectivity index (χ2v) is 6.51. The summed E-state index contributed by atoms with van der Waals surface area (Å²) in [6.07, 6.45) is 0. The molecule has 0 aliphatic heterocycles. The number of ether oxygens (including phenoxy) is 2. The summed E-state index contributed by atoms with van der Waals surface area (Å²) in [5.41, 5.74) is 6.26. The summed E-state index contributed by atoms with van der Waals surface area (Å²) in [6.45, 7) is 7.01. The van der Waals surface area contributed by atoms with Gasteiger partial charge >= 0.3 is 5.97 Å². The van der Waals surface area contributed by atoms with Crippen LogP contribution in [0.15, 0.2) is 0 Å². The lowest BCUT2D eigenvalue weighted by atomic mass is 10.0. The molecule has 0 unspecified atom stereocenters. The Balaban J connectivity index is 2.97. The second-order valence-electron chi connectivity index (χ2n) is 5.49. The van der Waals surface area contributed by atoms with Crippen LogP contribution in [-0.2, 0) is 4.74 Å². The molecule has 6 nitrogen and oxygen atoms in total. The summed E-state index contributed by atoms with van der Waals surface area (Å²) in [7, 11) is 5.58. The molecule has 1 heterocycles. The number of nitrogens with two attached hydrogens (primary N) is 1. The Hall–Kier alpha value is -1.47. The standard InChI is InChI=1S/C14H25N3O3S/c1-7-20-13(18)11-9(15)10(19-6)12(21-11)16-8-14(2,3)17(4)5/h16H,7-8,15H2,1-6H3. The summed E-state index contributed by atoms with van der Waals surface area (Å²) in [6, 6.07) is 0. The number of carbonyl (C=O) groups is 1. The highest BCUT2D eigenvalue weighted by molar-refractivity contribution is 7.19. The second kappa shape index (κ2) is 7.00. The fourth-order valence-electron chi connectivity index (χ4n) is 1.55. The van der Waals surface area contributed by atoms with E-state index >= 15 is 0 Å². The average molecular weight is 315 g/mol. The molecule has 1 aromatic rings. The van der Waals surface area contributed by atoms with Crippen LogP contribution in [0.2, 0.25) is 0 Å². The fraction of sp³-hybridized carbons (Fsp3) is 0.643. The Bertz CT molecular complexity index is 498. The number of likely N-dealkylation sites (N-methyl/N-ethyl adjacent to an activating group) is 1. The molecule has 0 fully saturated rings. The molecule has 0 saturated heterocycles. The lowest BCUT2D eigenvalue weighted by Gasteiger charge is -2.32. The van der Waals surface area contributed by atoms with Crippen molar-refractivity contribution in [2.75, 3.05) is 45.4 Å². The molecule has 7 heteroatoms. The van der Waals surface area contributed by atoms with E-state index in [9.17, 15) is 4.79 Å². The highest BCUT2D eigenvalue weighted by Gasteiger charge is 2.25. The predicted octanol–water partition coefficient (Wildman–Crippen LogP) is 2.27. The number of nitrogens with one attached hydrogen (secondary N) is 1. The number of carbonyl (C=O) groups excluding carboxylic acids is 1. The Kier molecular flexibility index (Phi) is 5.86. The molecule has 1 rings (SSSR count). The van der Waals surface area contributed by atoms with Crippen LogP contribution in [0.5, 0.6) is 5.75 Å². The smallest absolute Gasteiger partial charge is 0.350 e. The molecule has 0 aliphatic rings. The highest BCUT2D eigenvalue weighted by atomic mass is 32.1. The number of anilines is 2. The number of hydrogen-bond acceptors (Lipinski definition) is 7. The zero-order valence-electron chi connectivity index (χ0n) is 13.6. The summed E-state index contributed by atoms with van der Waals surface area (Å²) in [4.78, 5) is 14.4. The van der Waals surface area contributed by atoms with Gasteiger partial charge in [0.2, 0.25) is 0 Å². The largest absolute Gasteiger partial charge is 0.492 e. The molecule has 21 heavy (non-hydrogen) atoms. The third kappa shape index (κ3) is 4.01. The molecule has 0 saturated carbocycles. The van der Waals surface area contributed by atoms with Crippen molar-refractivity contribution in [3.63, 3.8) is 0 Å². The van der Waals surface area contributed by atoms with Crippen molar-refractivity contribution >= 4 is 28.0 Å². The molecular formula is C14H25N3O3S. The van der Waals surface area contributed by atoms with Crippen LogP contribution in [0.25, 0.3) is 0 Å². The van der Waals surface area contributed by atoms with Crippen LogP contribution < -0.4 is 15.8 Å². The minimum absolute atomic E-state index is 0.0478. The van der Waals surface area contributed by atoms with Gasteiger partial charge in [-0.3, -0.25) is 0 Å². The number of methoxy groups -OCH3 is 1. The number of nitrogen functional groups attached to an aromatic ring is 1. The average Bonchev–Trinajstić information content (AvgIpc) is 2.73. The fourth-order valence-corrected chi connectivity index (χ4v) is 2.53. The van der Waals surface area contributed by atoms with Crippen molar-refractivity contribution in [3.05, 3.63) is 4.88 Å². The summed E-state index contributed by atoms with van der Waals surface area (Å²) in [5, 5.41) is 4.05. The first-order valence-corrected chi connectivity index (χ1v) is 7.60. The molecule has 3 N–H and O–H groups in total. The number of esters is 1. The first-order chi connectivity index (χ1) is 9.74. The third-order valence-corrected chi connectivity index (χ3v) is 4.58.